The van der Waals surface area contributed by atoms with Crippen LogP contribution in [0, 0.1) is 0 Å². The van der Waals surface area contributed by atoms with Gasteiger partial charge in [0.05, 0.1) is 6.61 Å². The van der Waals surface area contributed by atoms with Gasteiger partial charge in [-0.3, -0.25) is 0 Å². The zero-order chi connectivity index (χ0) is 9.23. The van der Waals surface area contributed by atoms with Gasteiger partial charge in [-0.05, 0) is 12.8 Å². The first kappa shape index (κ1) is 11.9. The highest BCUT2D eigenvalue weighted by Gasteiger charge is 1.98. The van der Waals surface area contributed by atoms with E-state index in [1.807, 2.05) is 0 Å². The minimum atomic E-state index is -0.0390. The van der Waals surface area contributed by atoms with E-state index in [9.17, 15) is 0 Å². The minimum absolute atomic E-state index is 0.0390. The molecule has 0 bridgehead atoms. The van der Waals surface area contributed by atoms with Crippen LogP contribution in [0.5, 0.6) is 0 Å². The van der Waals surface area contributed by atoms with Gasteiger partial charge in [0.1, 0.15) is 0 Å². The quantitative estimate of drug-likeness (QED) is 0.474. The minimum Gasteiger partial charge on any atom is -0.396 e. The van der Waals surface area contributed by atoms with Crippen LogP contribution in [0.3, 0.4) is 0 Å². The highest BCUT2D eigenvalue weighted by Crippen LogP contribution is 2.05. The summed E-state index contributed by atoms with van der Waals surface area (Å²) < 4.78 is 0. The molecule has 0 saturated carbocycles. The predicted octanol–water partition coefficient (Wildman–Crippen LogP) is 0.639. The Morgan fingerprint density at radius 1 is 0.917 bits per heavy atom. The maximum Gasteiger partial charge on any atom is 0.0582 e. The molecule has 0 aliphatic carbocycles. The predicted molar refractivity (Wildman–Crippen MR) is 49.8 cm³/mol. The molecule has 0 radical (unpaired) electrons. The van der Waals surface area contributed by atoms with Gasteiger partial charge in [-0.25, -0.2) is 0 Å². The van der Waals surface area contributed by atoms with Crippen molar-refractivity contribution in [3.63, 3.8) is 0 Å². The van der Waals surface area contributed by atoms with Crippen molar-refractivity contribution in [2.75, 3.05) is 13.2 Å². The summed E-state index contributed by atoms with van der Waals surface area (Å²) in [4.78, 5) is 0. The molecule has 0 amide bonds. The second kappa shape index (κ2) is 8.97. The van der Waals surface area contributed by atoms with Crippen LogP contribution in [0.2, 0.25) is 0 Å². The number of hydrogen-bond donors (Lipinski definition) is 3. The molecule has 0 aromatic rings. The van der Waals surface area contributed by atoms with E-state index >= 15 is 0 Å². The second-order valence-electron chi connectivity index (χ2n) is 3.22. The van der Waals surface area contributed by atoms with Gasteiger partial charge in [0, 0.05) is 12.6 Å². The van der Waals surface area contributed by atoms with Crippen molar-refractivity contribution in [1.29, 1.82) is 0 Å². The lowest BCUT2D eigenvalue weighted by molar-refractivity contribution is 0.256. The van der Waals surface area contributed by atoms with Gasteiger partial charge in [0.15, 0.2) is 0 Å². The molecule has 0 aliphatic heterocycles. The van der Waals surface area contributed by atoms with Crippen molar-refractivity contribution in [2.45, 2.75) is 44.6 Å². The van der Waals surface area contributed by atoms with Crippen LogP contribution >= 0.6 is 0 Å². The molecule has 0 heterocycles. The summed E-state index contributed by atoms with van der Waals surface area (Å²) in [5, 5.41) is 17.1. The number of rotatable bonds is 8. The summed E-state index contributed by atoms with van der Waals surface area (Å²) in [5.41, 5.74) is 5.52. The van der Waals surface area contributed by atoms with Crippen molar-refractivity contribution in [1.82, 2.24) is 0 Å². The van der Waals surface area contributed by atoms with E-state index in [1.165, 1.54) is 6.42 Å². The Morgan fingerprint density at radius 3 is 2.08 bits per heavy atom. The van der Waals surface area contributed by atoms with Crippen molar-refractivity contribution >= 4 is 0 Å². The fraction of sp³-hybridized carbons (Fsp3) is 1.00. The number of aliphatic hydroxyl groups excluding tert-OH is 2. The van der Waals surface area contributed by atoms with E-state index < -0.39 is 0 Å². The number of aliphatic hydroxyl groups is 2. The maximum atomic E-state index is 8.62. The zero-order valence-electron chi connectivity index (χ0n) is 7.71. The lowest BCUT2D eigenvalue weighted by atomic mass is 10.1. The second-order valence-corrected chi connectivity index (χ2v) is 3.22. The molecule has 0 spiro atoms. The SMILES string of the molecule is N[C@H](CO)CCCCCCCO. The Labute approximate surface area is 74.6 Å². The molecular formula is C9H21NO2. The van der Waals surface area contributed by atoms with Gasteiger partial charge in [-0.15, -0.1) is 0 Å². The Balaban J connectivity index is 2.90. The van der Waals surface area contributed by atoms with Gasteiger partial charge in [-0.1, -0.05) is 25.7 Å². The Bertz CT molecular complexity index is 88.6. The highest BCUT2D eigenvalue weighted by atomic mass is 16.3. The third kappa shape index (κ3) is 7.98. The molecule has 0 rings (SSSR count). The Morgan fingerprint density at radius 2 is 1.50 bits per heavy atom. The van der Waals surface area contributed by atoms with Crippen molar-refractivity contribution in [3.8, 4) is 0 Å². The summed E-state index contributed by atoms with van der Waals surface area (Å²) in [6.45, 7) is 0.396. The molecule has 3 nitrogen and oxygen atoms in total. The molecule has 0 fully saturated rings. The number of unbranched alkanes of at least 4 members (excludes halogenated alkanes) is 4. The number of hydrogen-bond acceptors (Lipinski definition) is 3. The number of nitrogens with two attached hydrogens (primary N) is 1. The summed E-state index contributed by atoms with van der Waals surface area (Å²) in [6.07, 6.45) is 6.34. The van der Waals surface area contributed by atoms with E-state index in [4.69, 9.17) is 15.9 Å². The van der Waals surface area contributed by atoms with E-state index in [0.717, 1.165) is 32.1 Å². The average Bonchev–Trinajstić information content (AvgIpc) is 2.10. The molecule has 4 N–H and O–H groups in total. The van der Waals surface area contributed by atoms with E-state index in [2.05, 4.69) is 0 Å². The molecule has 12 heavy (non-hydrogen) atoms. The highest BCUT2D eigenvalue weighted by molar-refractivity contribution is 4.58. The Kier molecular flexibility index (Phi) is 8.88. The zero-order valence-corrected chi connectivity index (χ0v) is 7.71. The lowest BCUT2D eigenvalue weighted by Crippen LogP contribution is -2.23. The van der Waals surface area contributed by atoms with Crippen LogP contribution in [-0.4, -0.2) is 29.5 Å². The van der Waals surface area contributed by atoms with E-state index in [0.29, 0.717) is 6.61 Å². The van der Waals surface area contributed by atoms with Crippen LogP contribution < -0.4 is 5.73 Å². The first-order valence-corrected chi connectivity index (χ1v) is 4.78. The van der Waals surface area contributed by atoms with E-state index in [1.54, 1.807) is 0 Å². The fourth-order valence-corrected chi connectivity index (χ4v) is 1.14. The summed E-state index contributed by atoms with van der Waals surface area (Å²) in [5.74, 6) is 0. The normalized spacial score (nSPS) is 13.2. The standard InChI is InChI=1S/C9H21NO2/c10-9(8-12)6-4-2-1-3-5-7-11/h9,11-12H,1-8,10H2/t9-/m0/s1. The summed E-state index contributed by atoms with van der Waals surface area (Å²) >= 11 is 0. The van der Waals surface area contributed by atoms with Crippen LogP contribution in [0.4, 0.5) is 0 Å². The first-order chi connectivity index (χ1) is 5.81. The molecule has 0 aromatic carbocycles. The molecule has 0 unspecified atom stereocenters. The maximum absolute atomic E-state index is 8.62. The molecular weight excluding hydrogens is 154 g/mol. The third-order valence-electron chi connectivity index (χ3n) is 1.97. The lowest BCUT2D eigenvalue weighted by Gasteiger charge is -2.06. The third-order valence-corrected chi connectivity index (χ3v) is 1.97. The molecule has 1 atom stereocenters. The van der Waals surface area contributed by atoms with Crippen LogP contribution in [0.25, 0.3) is 0 Å². The topological polar surface area (TPSA) is 66.5 Å². The van der Waals surface area contributed by atoms with Crippen LogP contribution in [0.15, 0.2) is 0 Å². The van der Waals surface area contributed by atoms with Crippen molar-refractivity contribution < 1.29 is 10.2 Å². The van der Waals surface area contributed by atoms with Gasteiger partial charge in [0.2, 0.25) is 0 Å². The van der Waals surface area contributed by atoms with Gasteiger partial charge in [0.25, 0.3) is 0 Å². The molecule has 0 aromatic heterocycles. The molecule has 0 saturated heterocycles. The van der Waals surface area contributed by atoms with Crippen molar-refractivity contribution in [2.24, 2.45) is 5.73 Å². The van der Waals surface area contributed by atoms with Gasteiger partial charge in [-0.2, -0.15) is 0 Å². The van der Waals surface area contributed by atoms with Crippen molar-refractivity contribution in [3.05, 3.63) is 0 Å². The van der Waals surface area contributed by atoms with Crippen LogP contribution in [0.1, 0.15) is 38.5 Å². The monoisotopic (exact) mass is 175 g/mol. The summed E-state index contributed by atoms with van der Waals surface area (Å²) in [6, 6.07) is -0.0390. The Hall–Kier alpha value is -0.120. The summed E-state index contributed by atoms with van der Waals surface area (Å²) in [7, 11) is 0. The average molecular weight is 175 g/mol. The molecule has 0 aliphatic rings. The van der Waals surface area contributed by atoms with E-state index in [-0.39, 0.29) is 12.6 Å². The van der Waals surface area contributed by atoms with Gasteiger partial charge < -0.3 is 15.9 Å². The molecule has 74 valence electrons. The molecule has 3 heteroatoms. The smallest absolute Gasteiger partial charge is 0.0582 e. The first-order valence-electron chi connectivity index (χ1n) is 4.78. The largest absolute Gasteiger partial charge is 0.396 e. The van der Waals surface area contributed by atoms with Crippen LogP contribution in [-0.2, 0) is 0 Å². The fourth-order valence-electron chi connectivity index (χ4n) is 1.14. The van der Waals surface area contributed by atoms with Gasteiger partial charge >= 0.3 is 0 Å².